The highest BCUT2D eigenvalue weighted by atomic mass is 35.5. The summed E-state index contributed by atoms with van der Waals surface area (Å²) >= 11 is 6.25. The normalized spacial score (nSPS) is 14.9. The lowest BCUT2D eigenvalue weighted by molar-refractivity contribution is 0.331. The molecule has 0 aliphatic carbocycles. The van der Waals surface area contributed by atoms with E-state index in [1.54, 1.807) is 0 Å². The molecule has 1 aliphatic heterocycles. The molecule has 2 aromatic heterocycles. The van der Waals surface area contributed by atoms with Crippen LogP contribution in [0.4, 0.5) is 11.5 Å². The van der Waals surface area contributed by atoms with Gasteiger partial charge in [0.05, 0.1) is 0 Å². The molecular weight excluding hydrogens is 344 g/mol. The molecule has 1 aromatic carbocycles. The van der Waals surface area contributed by atoms with Crippen LogP contribution in [0.15, 0.2) is 36.5 Å². The van der Waals surface area contributed by atoms with Gasteiger partial charge in [0.25, 0.3) is 0 Å². The average molecular weight is 367 g/mol. The van der Waals surface area contributed by atoms with Crippen molar-refractivity contribution in [2.24, 2.45) is 0 Å². The first-order valence-electron chi connectivity index (χ1n) is 9.11. The SMILES string of the molecule is Cc1cc2cc(CN3CCCC3)cnc2c(Nc2cccc(Cl)c2C)n1. The van der Waals surface area contributed by atoms with Crippen LogP contribution in [0.5, 0.6) is 0 Å². The summed E-state index contributed by atoms with van der Waals surface area (Å²) in [5.74, 6) is 0.776. The number of aromatic nitrogens is 2. The Kier molecular flexibility index (Phi) is 4.79. The molecule has 4 rings (SSSR count). The largest absolute Gasteiger partial charge is 0.338 e. The molecule has 0 saturated carbocycles. The van der Waals surface area contributed by atoms with Gasteiger partial charge < -0.3 is 5.32 Å². The number of rotatable bonds is 4. The zero-order valence-electron chi connectivity index (χ0n) is 15.2. The van der Waals surface area contributed by atoms with Gasteiger partial charge in [0, 0.05) is 34.5 Å². The van der Waals surface area contributed by atoms with Crippen LogP contribution in [0, 0.1) is 13.8 Å². The number of fused-ring (bicyclic) bond motifs is 1. The molecule has 4 nitrogen and oxygen atoms in total. The van der Waals surface area contributed by atoms with E-state index in [1.807, 2.05) is 38.2 Å². The number of benzene rings is 1. The van der Waals surface area contributed by atoms with E-state index in [-0.39, 0.29) is 0 Å². The van der Waals surface area contributed by atoms with Crippen LogP contribution in [0.1, 0.15) is 29.7 Å². The minimum Gasteiger partial charge on any atom is -0.338 e. The zero-order chi connectivity index (χ0) is 18.1. The summed E-state index contributed by atoms with van der Waals surface area (Å²) in [6, 6.07) is 10.2. The second-order valence-corrected chi connectivity index (χ2v) is 7.46. The first-order chi connectivity index (χ1) is 12.6. The van der Waals surface area contributed by atoms with Crippen LogP contribution in [-0.4, -0.2) is 28.0 Å². The summed E-state index contributed by atoms with van der Waals surface area (Å²) in [7, 11) is 0. The predicted octanol–water partition coefficient (Wildman–Crippen LogP) is 5.24. The fourth-order valence-electron chi connectivity index (χ4n) is 3.56. The Labute approximate surface area is 159 Å². The van der Waals surface area contributed by atoms with Crippen molar-refractivity contribution >= 4 is 34.0 Å². The van der Waals surface area contributed by atoms with Crippen LogP contribution in [0.25, 0.3) is 10.9 Å². The maximum absolute atomic E-state index is 6.25. The Morgan fingerprint density at radius 1 is 1.15 bits per heavy atom. The number of nitrogens with zero attached hydrogens (tertiary/aromatic N) is 3. The molecule has 0 unspecified atom stereocenters. The molecule has 5 heteroatoms. The summed E-state index contributed by atoms with van der Waals surface area (Å²) in [4.78, 5) is 11.9. The van der Waals surface area contributed by atoms with Crippen LogP contribution in [0.3, 0.4) is 0 Å². The van der Waals surface area contributed by atoms with Gasteiger partial charge >= 0.3 is 0 Å². The Bertz CT molecular complexity index is 948. The highest BCUT2D eigenvalue weighted by Gasteiger charge is 2.14. The summed E-state index contributed by atoms with van der Waals surface area (Å²) in [5, 5.41) is 5.29. The first kappa shape index (κ1) is 17.3. The molecule has 3 aromatic rings. The predicted molar refractivity (Wildman–Crippen MR) is 108 cm³/mol. The summed E-state index contributed by atoms with van der Waals surface area (Å²) in [6.07, 6.45) is 4.59. The van der Waals surface area contributed by atoms with Crippen molar-refractivity contribution in [3.05, 3.63) is 58.4 Å². The van der Waals surface area contributed by atoms with Gasteiger partial charge in [0.2, 0.25) is 0 Å². The summed E-state index contributed by atoms with van der Waals surface area (Å²) in [5.41, 5.74) is 5.09. The third kappa shape index (κ3) is 3.53. The highest BCUT2D eigenvalue weighted by molar-refractivity contribution is 6.31. The quantitative estimate of drug-likeness (QED) is 0.685. The monoisotopic (exact) mass is 366 g/mol. The van der Waals surface area contributed by atoms with Gasteiger partial charge in [-0.2, -0.15) is 0 Å². The average Bonchev–Trinajstić information content (AvgIpc) is 3.11. The second kappa shape index (κ2) is 7.22. The molecule has 0 bridgehead atoms. The Balaban J connectivity index is 1.69. The second-order valence-electron chi connectivity index (χ2n) is 7.05. The van der Waals surface area contributed by atoms with Gasteiger partial charge in [-0.15, -0.1) is 0 Å². The van der Waals surface area contributed by atoms with Gasteiger partial charge in [-0.05, 0) is 75.2 Å². The van der Waals surface area contributed by atoms with Gasteiger partial charge in [-0.3, -0.25) is 9.88 Å². The van der Waals surface area contributed by atoms with E-state index in [9.17, 15) is 0 Å². The fraction of sp³-hybridized carbons (Fsp3) is 0.333. The van der Waals surface area contributed by atoms with Crippen LogP contribution >= 0.6 is 11.6 Å². The molecular formula is C21H23ClN4. The molecule has 1 saturated heterocycles. The van der Waals surface area contributed by atoms with E-state index in [1.165, 1.54) is 31.5 Å². The van der Waals surface area contributed by atoms with E-state index in [0.717, 1.165) is 45.2 Å². The third-order valence-electron chi connectivity index (χ3n) is 4.98. The van der Waals surface area contributed by atoms with Crippen LogP contribution in [-0.2, 0) is 6.54 Å². The van der Waals surface area contributed by atoms with Gasteiger partial charge in [0.1, 0.15) is 5.52 Å². The van der Waals surface area contributed by atoms with Gasteiger partial charge in [0.15, 0.2) is 5.82 Å². The zero-order valence-corrected chi connectivity index (χ0v) is 16.0. The lowest BCUT2D eigenvalue weighted by atomic mass is 10.1. The summed E-state index contributed by atoms with van der Waals surface area (Å²) < 4.78 is 0. The summed E-state index contributed by atoms with van der Waals surface area (Å²) in [6.45, 7) is 7.37. The standard InChI is InChI=1S/C21H23ClN4/c1-14-10-17-11-16(13-26-8-3-4-9-26)12-23-20(17)21(24-14)25-19-7-5-6-18(22)15(19)2/h5-7,10-12H,3-4,8-9,13H2,1-2H3,(H,24,25). The molecule has 0 radical (unpaired) electrons. The van der Waals surface area contributed by atoms with E-state index in [0.29, 0.717) is 0 Å². The minimum absolute atomic E-state index is 0.743. The van der Waals surface area contributed by atoms with Crippen molar-refractivity contribution in [3.63, 3.8) is 0 Å². The van der Waals surface area contributed by atoms with E-state index in [4.69, 9.17) is 16.6 Å². The molecule has 1 aliphatic rings. The number of aryl methyl sites for hydroxylation is 1. The van der Waals surface area contributed by atoms with E-state index in [2.05, 4.69) is 27.3 Å². The number of nitrogens with one attached hydrogen (secondary N) is 1. The van der Waals surface area contributed by atoms with Crippen molar-refractivity contribution in [1.29, 1.82) is 0 Å². The maximum atomic E-state index is 6.25. The first-order valence-corrected chi connectivity index (χ1v) is 9.49. The number of pyridine rings is 2. The highest BCUT2D eigenvalue weighted by Crippen LogP contribution is 2.29. The molecule has 0 amide bonds. The molecule has 0 atom stereocenters. The third-order valence-corrected chi connectivity index (χ3v) is 5.39. The number of hydrogen-bond donors (Lipinski definition) is 1. The molecule has 1 fully saturated rings. The number of hydrogen-bond acceptors (Lipinski definition) is 4. The van der Waals surface area contributed by atoms with Gasteiger partial charge in [-0.25, -0.2) is 4.98 Å². The van der Waals surface area contributed by atoms with Crippen molar-refractivity contribution < 1.29 is 0 Å². The fourth-order valence-corrected chi connectivity index (χ4v) is 3.74. The smallest absolute Gasteiger partial charge is 0.157 e. The van der Waals surface area contributed by atoms with E-state index >= 15 is 0 Å². The van der Waals surface area contributed by atoms with E-state index < -0.39 is 0 Å². The Hall–Kier alpha value is -2.17. The molecule has 3 heterocycles. The van der Waals surface area contributed by atoms with Crippen LogP contribution < -0.4 is 5.32 Å². The van der Waals surface area contributed by atoms with Crippen molar-refractivity contribution in [3.8, 4) is 0 Å². The number of likely N-dealkylation sites (tertiary alicyclic amines) is 1. The molecule has 0 spiro atoms. The van der Waals surface area contributed by atoms with Gasteiger partial charge in [-0.1, -0.05) is 17.7 Å². The van der Waals surface area contributed by atoms with Crippen molar-refractivity contribution in [1.82, 2.24) is 14.9 Å². The van der Waals surface area contributed by atoms with Crippen LogP contribution in [0.2, 0.25) is 5.02 Å². The minimum atomic E-state index is 0.743. The number of anilines is 2. The topological polar surface area (TPSA) is 41.1 Å². The van der Waals surface area contributed by atoms with Crippen molar-refractivity contribution in [2.75, 3.05) is 18.4 Å². The molecule has 1 N–H and O–H groups in total. The lowest BCUT2D eigenvalue weighted by Gasteiger charge is -2.16. The Morgan fingerprint density at radius 3 is 2.77 bits per heavy atom. The molecule has 134 valence electrons. The lowest BCUT2D eigenvalue weighted by Crippen LogP contribution is -2.18. The number of halogens is 1. The Morgan fingerprint density at radius 2 is 1.96 bits per heavy atom. The molecule has 26 heavy (non-hydrogen) atoms. The van der Waals surface area contributed by atoms with Crippen molar-refractivity contribution in [2.45, 2.75) is 33.2 Å². The maximum Gasteiger partial charge on any atom is 0.157 e.